The van der Waals surface area contributed by atoms with Crippen molar-refractivity contribution in [3.8, 4) is 0 Å². The molecule has 2 aliphatic rings. The van der Waals surface area contributed by atoms with E-state index in [2.05, 4.69) is 34.6 Å². The Morgan fingerprint density at radius 3 is 3.10 bits per heavy atom. The number of nitrogens with zero attached hydrogens (tertiary/aromatic N) is 1. The number of fused-ring (bicyclic) bond motifs is 1. The van der Waals surface area contributed by atoms with Gasteiger partial charge in [-0.25, -0.2) is 0 Å². The average molecular weight is 273 g/mol. The highest BCUT2D eigenvalue weighted by Crippen LogP contribution is 2.24. The Kier molecular flexibility index (Phi) is 4.03. The van der Waals surface area contributed by atoms with Crippen LogP contribution in [0.3, 0.4) is 0 Å². The van der Waals surface area contributed by atoms with Crippen LogP contribution in [0.15, 0.2) is 18.2 Å². The Hall–Kier alpha value is -1.39. The Labute approximate surface area is 120 Å². The van der Waals surface area contributed by atoms with Gasteiger partial charge in [0.25, 0.3) is 0 Å². The summed E-state index contributed by atoms with van der Waals surface area (Å²) in [5.41, 5.74) is 3.79. The summed E-state index contributed by atoms with van der Waals surface area (Å²) in [6.45, 7) is 5.50. The van der Waals surface area contributed by atoms with Crippen LogP contribution in [0, 0.1) is 0 Å². The van der Waals surface area contributed by atoms with Gasteiger partial charge in [0.1, 0.15) is 0 Å². The van der Waals surface area contributed by atoms with E-state index in [1.165, 1.54) is 24.0 Å². The van der Waals surface area contributed by atoms with Gasteiger partial charge in [0.15, 0.2) is 0 Å². The molecule has 1 saturated heterocycles. The van der Waals surface area contributed by atoms with Crippen LogP contribution in [0.4, 0.5) is 5.69 Å². The average Bonchev–Trinajstić information content (AvgIpc) is 2.86. The third kappa shape index (κ3) is 3.19. The molecule has 0 radical (unpaired) electrons. The van der Waals surface area contributed by atoms with E-state index in [4.69, 9.17) is 0 Å². The summed E-state index contributed by atoms with van der Waals surface area (Å²) < 4.78 is 0. The molecule has 20 heavy (non-hydrogen) atoms. The molecule has 1 aliphatic carbocycles. The van der Waals surface area contributed by atoms with Crippen LogP contribution in [0.5, 0.6) is 0 Å². The van der Waals surface area contributed by atoms with Crippen LogP contribution < -0.4 is 10.6 Å². The number of anilines is 1. The van der Waals surface area contributed by atoms with Crippen molar-refractivity contribution < 1.29 is 4.79 Å². The van der Waals surface area contributed by atoms with E-state index in [9.17, 15) is 4.79 Å². The minimum atomic E-state index is 0.0945. The highest BCUT2D eigenvalue weighted by Gasteiger charge is 2.18. The monoisotopic (exact) mass is 273 g/mol. The van der Waals surface area contributed by atoms with Crippen molar-refractivity contribution >= 4 is 11.6 Å². The Balaban J connectivity index is 1.56. The van der Waals surface area contributed by atoms with Gasteiger partial charge in [0, 0.05) is 31.4 Å². The second-order valence-corrected chi connectivity index (χ2v) is 5.98. The van der Waals surface area contributed by atoms with Gasteiger partial charge in [-0.1, -0.05) is 6.07 Å². The van der Waals surface area contributed by atoms with Gasteiger partial charge in [-0.05, 0) is 49.4 Å². The Bertz CT molecular complexity index is 500. The van der Waals surface area contributed by atoms with Crippen LogP contribution in [-0.4, -0.2) is 43.0 Å². The van der Waals surface area contributed by atoms with Crippen molar-refractivity contribution in [2.75, 3.05) is 31.5 Å². The molecule has 1 fully saturated rings. The largest absolute Gasteiger partial charge is 0.325 e. The van der Waals surface area contributed by atoms with Crippen LogP contribution in [0.25, 0.3) is 0 Å². The molecule has 4 nitrogen and oxygen atoms in total. The zero-order valence-corrected chi connectivity index (χ0v) is 12.1. The van der Waals surface area contributed by atoms with E-state index < -0.39 is 0 Å². The first-order chi connectivity index (χ1) is 9.70. The van der Waals surface area contributed by atoms with E-state index in [1.54, 1.807) is 0 Å². The minimum Gasteiger partial charge on any atom is -0.325 e. The fourth-order valence-corrected chi connectivity index (χ4v) is 3.21. The number of nitrogens with one attached hydrogen (secondary N) is 2. The molecule has 1 aromatic carbocycles. The third-order valence-electron chi connectivity index (χ3n) is 4.20. The molecule has 0 saturated carbocycles. The zero-order valence-electron chi connectivity index (χ0n) is 12.1. The lowest BCUT2D eigenvalue weighted by atomic mass is 10.1. The van der Waals surface area contributed by atoms with E-state index in [0.29, 0.717) is 12.6 Å². The van der Waals surface area contributed by atoms with Gasteiger partial charge in [0.2, 0.25) is 5.91 Å². The first-order valence-corrected chi connectivity index (χ1v) is 7.58. The van der Waals surface area contributed by atoms with Crippen molar-refractivity contribution in [1.82, 2.24) is 10.2 Å². The number of amides is 1. The summed E-state index contributed by atoms with van der Waals surface area (Å²) in [4.78, 5) is 14.3. The molecule has 2 N–H and O–H groups in total. The van der Waals surface area contributed by atoms with Crippen LogP contribution >= 0.6 is 0 Å². The third-order valence-corrected chi connectivity index (χ3v) is 4.20. The second-order valence-electron chi connectivity index (χ2n) is 5.98. The van der Waals surface area contributed by atoms with Gasteiger partial charge in [-0.3, -0.25) is 9.69 Å². The highest BCUT2D eigenvalue weighted by molar-refractivity contribution is 5.92. The number of benzene rings is 1. The summed E-state index contributed by atoms with van der Waals surface area (Å²) >= 11 is 0. The molecule has 0 aromatic heterocycles. The van der Waals surface area contributed by atoms with Crippen molar-refractivity contribution in [1.29, 1.82) is 0 Å². The summed E-state index contributed by atoms with van der Waals surface area (Å²) in [6, 6.07) is 6.80. The first kappa shape index (κ1) is 13.6. The summed E-state index contributed by atoms with van der Waals surface area (Å²) in [5.74, 6) is 0.0945. The lowest BCUT2D eigenvalue weighted by molar-refractivity contribution is -0.117. The van der Waals surface area contributed by atoms with Crippen molar-refractivity contribution in [2.24, 2.45) is 0 Å². The molecule has 1 amide bonds. The molecular weight excluding hydrogens is 250 g/mol. The van der Waals surface area contributed by atoms with Gasteiger partial charge in [0.05, 0.1) is 6.54 Å². The standard InChI is InChI=1S/C16H23N3O/c1-12-10-19(8-7-17-12)11-16(20)18-15-6-5-13-3-2-4-14(13)9-15/h5-6,9,12,17H,2-4,7-8,10-11H2,1H3,(H,18,20)/t12-/m1/s1. The smallest absolute Gasteiger partial charge is 0.238 e. The number of piperazine rings is 1. The number of carbonyl (C=O) groups is 1. The van der Waals surface area contributed by atoms with E-state index in [1.807, 2.05) is 6.07 Å². The molecule has 1 atom stereocenters. The fourth-order valence-electron chi connectivity index (χ4n) is 3.21. The van der Waals surface area contributed by atoms with E-state index in [0.717, 1.165) is 31.7 Å². The molecular formula is C16H23N3O. The normalized spacial score (nSPS) is 22.6. The second kappa shape index (κ2) is 5.94. The molecule has 0 spiro atoms. The molecule has 1 aromatic rings. The summed E-state index contributed by atoms with van der Waals surface area (Å²) in [6.07, 6.45) is 3.57. The quantitative estimate of drug-likeness (QED) is 0.875. The van der Waals surface area contributed by atoms with Gasteiger partial charge in [-0.15, -0.1) is 0 Å². The number of carbonyl (C=O) groups excluding carboxylic acids is 1. The minimum absolute atomic E-state index is 0.0945. The number of aryl methyl sites for hydroxylation is 2. The number of rotatable bonds is 3. The maximum atomic E-state index is 12.1. The van der Waals surface area contributed by atoms with Crippen molar-refractivity contribution in [2.45, 2.75) is 32.2 Å². The Morgan fingerprint density at radius 2 is 2.25 bits per heavy atom. The first-order valence-electron chi connectivity index (χ1n) is 7.58. The molecule has 4 heteroatoms. The van der Waals surface area contributed by atoms with Crippen LogP contribution in [-0.2, 0) is 17.6 Å². The number of hydrogen-bond donors (Lipinski definition) is 2. The molecule has 0 unspecified atom stereocenters. The van der Waals surface area contributed by atoms with Gasteiger partial charge >= 0.3 is 0 Å². The highest BCUT2D eigenvalue weighted by atomic mass is 16.2. The predicted molar refractivity (Wildman–Crippen MR) is 81.0 cm³/mol. The Morgan fingerprint density at radius 1 is 1.40 bits per heavy atom. The van der Waals surface area contributed by atoms with Crippen molar-refractivity contribution in [3.63, 3.8) is 0 Å². The van der Waals surface area contributed by atoms with E-state index in [-0.39, 0.29) is 5.91 Å². The SMILES string of the molecule is C[C@@H]1CN(CC(=O)Nc2ccc3c(c2)CCC3)CCN1. The fraction of sp³-hybridized carbons (Fsp3) is 0.562. The van der Waals surface area contributed by atoms with Gasteiger partial charge in [-0.2, -0.15) is 0 Å². The maximum absolute atomic E-state index is 12.1. The topological polar surface area (TPSA) is 44.4 Å². The predicted octanol–water partition coefficient (Wildman–Crippen LogP) is 1.41. The molecule has 108 valence electrons. The molecule has 0 bridgehead atoms. The van der Waals surface area contributed by atoms with Gasteiger partial charge < -0.3 is 10.6 Å². The molecule has 3 rings (SSSR count). The lowest BCUT2D eigenvalue weighted by Gasteiger charge is -2.31. The zero-order chi connectivity index (χ0) is 13.9. The van der Waals surface area contributed by atoms with Crippen LogP contribution in [0.1, 0.15) is 24.5 Å². The van der Waals surface area contributed by atoms with Crippen LogP contribution in [0.2, 0.25) is 0 Å². The number of hydrogen-bond acceptors (Lipinski definition) is 3. The van der Waals surface area contributed by atoms with E-state index >= 15 is 0 Å². The molecule has 1 aliphatic heterocycles. The van der Waals surface area contributed by atoms with Crippen molar-refractivity contribution in [3.05, 3.63) is 29.3 Å². The lowest BCUT2D eigenvalue weighted by Crippen LogP contribution is -2.51. The summed E-state index contributed by atoms with van der Waals surface area (Å²) in [7, 11) is 0. The maximum Gasteiger partial charge on any atom is 0.238 e. The summed E-state index contributed by atoms with van der Waals surface area (Å²) in [5, 5.41) is 6.42. The molecule has 1 heterocycles.